The van der Waals surface area contributed by atoms with Gasteiger partial charge >= 0.3 is 0 Å². The van der Waals surface area contributed by atoms with Crippen LogP contribution in [-0.4, -0.2) is 13.3 Å². The molecule has 0 aliphatic carbocycles. The molecule has 0 amide bonds. The molecule has 0 unspecified atom stereocenters. The van der Waals surface area contributed by atoms with E-state index < -0.39 is 0 Å². The quantitative estimate of drug-likeness (QED) is 0.637. The second-order valence-electron chi connectivity index (χ2n) is 3.88. The van der Waals surface area contributed by atoms with Crippen LogP contribution in [0.15, 0.2) is 35.5 Å². The molecule has 5 heteroatoms. The molecule has 2 rings (SSSR count). The molecule has 2 aromatic rings. The molecule has 1 heterocycles. The van der Waals surface area contributed by atoms with Crippen LogP contribution in [0.2, 0.25) is 0 Å². The number of hydrogen-bond acceptors (Lipinski definition) is 5. The van der Waals surface area contributed by atoms with Crippen LogP contribution in [0.4, 0.5) is 0 Å². The molecule has 98 valence electrons. The summed E-state index contributed by atoms with van der Waals surface area (Å²) in [7, 11) is 1.47. The Bertz CT molecular complexity index is 705. The normalized spacial score (nSPS) is 10.2. The Labute approximate surface area is 121 Å². The van der Waals surface area contributed by atoms with E-state index >= 15 is 0 Å². The van der Waals surface area contributed by atoms with Gasteiger partial charge in [-0.1, -0.05) is 35.5 Å². The fraction of sp³-hybridized carbons (Fsp3) is 0.133. The lowest BCUT2D eigenvalue weighted by Gasteiger charge is -2.03. The minimum atomic E-state index is 0.457. The summed E-state index contributed by atoms with van der Waals surface area (Å²) in [5.41, 5.74) is 2.57. The lowest BCUT2D eigenvalue weighted by Crippen LogP contribution is -1.92. The van der Waals surface area contributed by atoms with Gasteiger partial charge in [-0.15, -0.1) is 11.3 Å². The first kappa shape index (κ1) is 13.8. The van der Waals surface area contributed by atoms with Gasteiger partial charge in [0.2, 0.25) is 0 Å². The summed E-state index contributed by atoms with van der Waals surface area (Å²) >= 11 is 1.21. The standard InChI is InChI=1S/C15H11N3OS/c1-19-18-8-7-12-13(9-16)20-14(10-17)15(12)11-5-3-2-4-6-11/h2-6,8H,7H2,1H3/b18-8+. The van der Waals surface area contributed by atoms with E-state index in [4.69, 9.17) is 0 Å². The lowest BCUT2D eigenvalue weighted by atomic mass is 9.99. The van der Waals surface area contributed by atoms with Crippen LogP contribution in [0.25, 0.3) is 11.1 Å². The van der Waals surface area contributed by atoms with Crippen molar-refractivity contribution >= 4 is 17.6 Å². The van der Waals surface area contributed by atoms with Gasteiger partial charge in [-0.25, -0.2) is 0 Å². The highest BCUT2D eigenvalue weighted by atomic mass is 32.1. The van der Waals surface area contributed by atoms with E-state index in [1.54, 1.807) is 6.21 Å². The molecule has 0 N–H and O–H groups in total. The molecule has 0 spiro atoms. The minimum absolute atomic E-state index is 0.457. The zero-order chi connectivity index (χ0) is 14.4. The van der Waals surface area contributed by atoms with E-state index in [2.05, 4.69) is 22.1 Å². The zero-order valence-electron chi connectivity index (χ0n) is 10.8. The molecule has 0 bridgehead atoms. The third-order valence-electron chi connectivity index (χ3n) is 2.75. The molecule has 0 saturated heterocycles. The fourth-order valence-corrected chi connectivity index (χ4v) is 2.89. The van der Waals surface area contributed by atoms with E-state index in [-0.39, 0.29) is 0 Å². The summed E-state index contributed by atoms with van der Waals surface area (Å²) in [5.74, 6) is 0. The highest BCUT2D eigenvalue weighted by molar-refractivity contribution is 7.13. The Morgan fingerprint density at radius 2 is 1.90 bits per heavy atom. The Morgan fingerprint density at radius 3 is 2.50 bits per heavy atom. The predicted molar refractivity (Wildman–Crippen MR) is 78.4 cm³/mol. The van der Waals surface area contributed by atoms with Gasteiger partial charge in [0, 0.05) is 18.2 Å². The maximum atomic E-state index is 9.28. The van der Waals surface area contributed by atoms with Gasteiger partial charge < -0.3 is 4.84 Å². The maximum Gasteiger partial charge on any atom is 0.114 e. The summed E-state index contributed by atoms with van der Waals surface area (Å²) in [6.07, 6.45) is 2.05. The first-order valence-electron chi connectivity index (χ1n) is 5.88. The Kier molecular flexibility index (Phi) is 4.49. The second kappa shape index (κ2) is 6.51. The van der Waals surface area contributed by atoms with Gasteiger partial charge in [-0.05, 0) is 11.1 Å². The van der Waals surface area contributed by atoms with Crippen molar-refractivity contribution in [2.24, 2.45) is 5.16 Å². The SMILES string of the molecule is CO/N=C/Cc1c(C#N)sc(C#N)c1-c1ccccc1. The van der Waals surface area contributed by atoms with Crippen LogP contribution in [0.1, 0.15) is 15.3 Å². The van der Waals surface area contributed by atoms with Crippen LogP contribution >= 0.6 is 11.3 Å². The smallest absolute Gasteiger partial charge is 0.114 e. The van der Waals surface area contributed by atoms with Crippen molar-refractivity contribution in [2.45, 2.75) is 6.42 Å². The molecule has 0 saturated carbocycles. The average molecular weight is 281 g/mol. The molecule has 1 aromatic carbocycles. The van der Waals surface area contributed by atoms with Gasteiger partial charge in [-0.3, -0.25) is 0 Å². The summed E-state index contributed by atoms with van der Waals surface area (Å²) < 4.78 is 0. The third-order valence-corrected chi connectivity index (χ3v) is 3.79. The average Bonchev–Trinajstić information content (AvgIpc) is 2.86. The first-order chi connectivity index (χ1) is 9.81. The van der Waals surface area contributed by atoms with E-state index in [9.17, 15) is 10.5 Å². The number of nitriles is 2. The minimum Gasteiger partial charge on any atom is -0.399 e. The van der Waals surface area contributed by atoms with Crippen molar-refractivity contribution in [3.05, 3.63) is 45.6 Å². The van der Waals surface area contributed by atoms with Crippen molar-refractivity contribution < 1.29 is 4.84 Å². The maximum absolute atomic E-state index is 9.28. The van der Waals surface area contributed by atoms with Crippen LogP contribution < -0.4 is 0 Å². The summed E-state index contributed by atoms with van der Waals surface area (Å²) in [4.78, 5) is 5.73. The van der Waals surface area contributed by atoms with E-state index in [0.717, 1.165) is 16.7 Å². The molecule has 0 radical (unpaired) electrons. The molecule has 1 aromatic heterocycles. The predicted octanol–water partition coefficient (Wildman–Crippen LogP) is 3.33. The zero-order valence-corrected chi connectivity index (χ0v) is 11.6. The van der Waals surface area contributed by atoms with Crippen molar-refractivity contribution in [3.8, 4) is 23.3 Å². The van der Waals surface area contributed by atoms with Crippen molar-refractivity contribution in [2.75, 3.05) is 7.11 Å². The number of nitrogens with zero attached hydrogens (tertiary/aromatic N) is 3. The lowest BCUT2D eigenvalue weighted by molar-refractivity contribution is 0.215. The van der Waals surface area contributed by atoms with Gasteiger partial charge in [0.1, 0.15) is 29.0 Å². The first-order valence-corrected chi connectivity index (χ1v) is 6.69. The Balaban J connectivity index is 2.59. The van der Waals surface area contributed by atoms with Crippen LogP contribution in [0.5, 0.6) is 0 Å². The number of hydrogen-bond donors (Lipinski definition) is 0. The number of rotatable bonds is 4. The largest absolute Gasteiger partial charge is 0.399 e. The monoisotopic (exact) mass is 281 g/mol. The Hall–Kier alpha value is -2.63. The van der Waals surface area contributed by atoms with Crippen LogP contribution in [0, 0.1) is 22.7 Å². The molecule has 0 aliphatic heterocycles. The molecule has 0 atom stereocenters. The molecular weight excluding hydrogens is 270 g/mol. The van der Waals surface area contributed by atoms with Gasteiger partial charge in [0.05, 0.1) is 0 Å². The van der Waals surface area contributed by atoms with Gasteiger partial charge in [0.25, 0.3) is 0 Å². The third kappa shape index (κ3) is 2.69. The van der Waals surface area contributed by atoms with Gasteiger partial charge in [0.15, 0.2) is 0 Å². The summed E-state index contributed by atoms with van der Waals surface area (Å²) in [6.45, 7) is 0. The Morgan fingerprint density at radius 1 is 1.20 bits per heavy atom. The summed E-state index contributed by atoms with van der Waals surface area (Å²) in [6, 6.07) is 13.9. The fourth-order valence-electron chi connectivity index (χ4n) is 1.94. The molecule has 0 fully saturated rings. The van der Waals surface area contributed by atoms with Crippen LogP contribution in [-0.2, 0) is 11.3 Å². The number of thiophene rings is 1. The number of oxime groups is 1. The van der Waals surface area contributed by atoms with Crippen molar-refractivity contribution in [3.63, 3.8) is 0 Å². The van der Waals surface area contributed by atoms with Crippen LogP contribution in [0.3, 0.4) is 0 Å². The van der Waals surface area contributed by atoms with Crippen molar-refractivity contribution in [1.82, 2.24) is 0 Å². The molecule has 0 aliphatic rings. The molecule has 4 nitrogen and oxygen atoms in total. The second-order valence-corrected chi connectivity index (χ2v) is 4.90. The van der Waals surface area contributed by atoms with Gasteiger partial charge in [-0.2, -0.15) is 10.5 Å². The molecular formula is C15H11N3OS. The van der Waals surface area contributed by atoms with Crippen molar-refractivity contribution in [1.29, 1.82) is 10.5 Å². The molecule has 20 heavy (non-hydrogen) atoms. The van der Waals surface area contributed by atoms with E-state index in [0.29, 0.717) is 16.2 Å². The topological polar surface area (TPSA) is 69.2 Å². The van der Waals surface area contributed by atoms with E-state index in [1.807, 2.05) is 30.3 Å². The highest BCUT2D eigenvalue weighted by Crippen LogP contribution is 2.36. The van der Waals surface area contributed by atoms with E-state index in [1.165, 1.54) is 18.4 Å². The number of benzene rings is 1. The highest BCUT2D eigenvalue weighted by Gasteiger charge is 2.18. The summed E-state index contributed by atoms with van der Waals surface area (Å²) in [5, 5.41) is 22.2.